The molecule has 0 bridgehead atoms. The summed E-state index contributed by atoms with van der Waals surface area (Å²) in [5.41, 5.74) is 7.20. The molecule has 0 amide bonds. The molecule has 1 aliphatic rings. The van der Waals surface area contributed by atoms with Gasteiger partial charge in [0, 0.05) is 31.5 Å². The van der Waals surface area contributed by atoms with E-state index in [2.05, 4.69) is 22.9 Å². The van der Waals surface area contributed by atoms with E-state index in [-0.39, 0.29) is 0 Å². The molecule has 0 spiro atoms. The molecule has 3 nitrogen and oxygen atoms in total. The number of likely N-dealkylation sites (tertiary alicyclic amines) is 1. The second-order valence-corrected chi connectivity index (χ2v) is 5.02. The Bertz CT molecular complexity index is 325. The first-order chi connectivity index (χ1) is 8.33. The fraction of sp³-hybridized carbons (Fsp3) is 0.643. The lowest BCUT2D eigenvalue weighted by Gasteiger charge is -2.38. The standard InChI is InChI=1S/C14H23N3/c1-2-12-5-7-17(14(8-12)9-15)11-13-4-3-6-16-10-13/h3-4,6,10,12,14H,2,5,7-9,11,15H2,1H3. The molecule has 0 aliphatic carbocycles. The van der Waals surface area contributed by atoms with E-state index in [0.717, 1.165) is 19.0 Å². The molecule has 0 saturated carbocycles. The molecule has 1 aromatic heterocycles. The summed E-state index contributed by atoms with van der Waals surface area (Å²) in [6, 6.07) is 4.70. The molecular weight excluding hydrogens is 210 g/mol. The molecule has 1 aromatic rings. The van der Waals surface area contributed by atoms with Crippen molar-refractivity contribution < 1.29 is 0 Å². The van der Waals surface area contributed by atoms with Crippen LogP contribution < -0.4 is 5.73 Å². The smallest absolute Gasteiger partial charge is 0.0312 e. The van der Waals surface area contributed by atoms with Gasteiger partial charge in [-0.1, -0.05) is 19.4 Å². The number of pyridine rings is 1. The molecule has 1 aliphatic heterocycles. The van der Waals surface area contributed by atoms with Gasteiger partial charge in [0.2, 0.25) is 0 Å². The maximum atomic E-state index is 5.91. The van der Waals surface area contributed by atoms with Crippen LogP contribution in [0.2, 0.25) is 0 Å². The van der Waals surface area contributed by atoms with E-state index < -0.39 is 0 Å². The molecule has 2 atom stereocenters. The van der Waals surface area contributed by atoms with Crippen molar-refractivity contribution in [1.82, 2.24) is 9.88 Å². The third-order valence-electron chi connectivity index (χ3n) is 3.90. The zero-order chi connectivity index (χ0) is 12.1. The van der Waals surface area contributed by atoms with Crippen LogP contribution in [0.5, 0.6) is 0 Å². The van der Waals surface area contributed by atoms with Crippen LogP contribution in [0, 0.1) is 5.92 Å². The van der Waals surface area contributed by atoms with E-state index in [0.29, 0.717) is 6.04 Å². The monoisotopic (exact) mass is 233 g/mol. The van der Waals surface area contributed by atoms with Gasteiger partial charge in [-0.25, -0.2) is 0 Å². The minimum atomic E-state index is 0.550. The molecule has 2 heterocycles. The van der Waals surface area contributed by atoms with E-state index in [4.69, 9.17) is 5.73 Å². The Balaban J connectivity index is 1.96. The maximum Gasteiger partial charge on any atom is 0.0312 e. The summed E-state index contributed by atoms with van der Waals surface area (Å²) in [5.74, 6) is 0.869. The van der Waals surface area contributed by atoms with Crippen LogP contribution >= 0.6 is 0 Å². The van der Waals surface area contributed by atoms with E-state index in [9.17, 15) is 0 Å². The van der Waals surface area contributed by atoms with Crippen molar-refractivity contribution in [2.75, 3.05) is 13.1 Å². The number of aromatic nitrogens is 1. The van der Waals surface area contributed by atoms with Gasteiger partial charge in [0.05, 0.1) is 0 Å². The lowest BCUT2D eigenvalue weighted by molar-refractivity contribution is 0.107. The van der Waals surface area contributed by atoms with Crippen LogP contribution in [-0.4, -0.2) is 29.0 Å². The molecule has 2 unspecified atom stereocenters. The van der Waals surface area contributed by atoms with Crippen LogP contribution in [0.25, 0.3) is 0 Å². The third-order valence-corrected chi connectivity index (χ3v) is 3.90. The van der Waals surface area contributed by atoms with Gasteiger partial charge in [-0.3, -0.25) is 9.88 Å². The Morgan fingerprint density at radius 2 is 2.41 bits per heavy atom. The summed E-state index contributed by atoms with van der Waals surface area (Å²) >= 11 is 0. The zero-order valence-corrected chi connectivity index (χ0v) is 10.7. The van der Waals surface area contributed by atoms with Crippen molar-refractivity contribution in [2.45, 2.75) is 38.8 Å². The lowest BCUT2D eigenvalue weighted by Crippen LogP contribution is -2.46. The molecular formula is C14H23N3. The second kappa shape index (κ2) is 6.12. The van der Waals surface area contributed by atoms with Crippen LogP contribution in [0.15, 0.2) is 24.5 Å². The minimum Gasteiger partial charge on any atom is -0.329 e. The average Bonchev–Trinajstić information content (AvgIpc) is 2.40. The summed E-state index contributed by atoms with van der Waals surface area (Å²) in [5, 5.41) is 0. The SMILES string of the molecule is CCC1CCN(Cc2cccnc2)C(CN)C1. The molecule has 94 valence electrons. The van der Waals surface area contributed by atoms with Gasteiger partial charge in [-0.05, 0) is 36.9 Å². The number of hydrogen-bond donors (Lipinski definition) is 1. The van der Waals surface area contributed by atoms with Crippen LogP contribution in [-0.2, 0) is 6.54 Å². The second-order valence-electron chi connectivity index (χ2n) is 5.02. The van der Waals surface area contributed by atoms with Gasteiger partial charge in [0.25, 0.3) is 0 Å². The predicted octanol–water partition coefficient (Wildman–Crippen LogP) is 2.03. The Morgan fingerprint density at radius 3 is 3.06 bits per heavy atom. The summed E-state index contributed by atoms with van der Waals surface area (Å²) in [4.78, 5) is 6.69. The summed E-state index contributed by atoms with van der Waals surface area (Å²) < 4.78 is 0. The molecule has 0 radical (unpaired) electrons. The Morgan fingerprint density at radius 1 is 1.53 bits per heavy atom. The highest BCUT2D eigenvalue weighted by atomic mass is 15.2. The Hall–Kier alpha value is -0.930. The lowest BCUT2D eigenvalue weighted by atomic mass is 9.88. The topological polar surface area (TPSA) is 42.2 Å². The highest BCUT2D eigenvalue weighted by Gasteiger charge is 2.26. The quantitative estimate of drug-likeness (QED) is 0.865. The first kappa shape index (κ1) is 12.5. The first-order valence-electron chi connectivity index (χ1n) is 6.66. The maximum absolute atomic E-state index is 5.91. The van der Waals surface area contributed by atoms with Crippen LogP contribution in [0.4, 0.5) is 0 Å². The van der Waals surface area contributed by atoms with Crippen molar-refractivity contribution in [3.8, 4) is 0 Å². The summed E-state index contributed by atoms with van der Waals surface area (Å²) in [6.07, 6.45) is 7.64. The van der Waals surface area contributed by atoms with Crippen molar-refractivity contribution in [3.05, 3.63) is 30.1 Å². The molecule has 2 rings (SSSR count). The van der Waals surface area contributed by atoms with Crippen molar-refractivity contribution in [3.63, 3.8) is 0 Å². The van der Waals surface area contributed by atoms with Crippen LogP contribution in [0.1, 0.15) is 31.7 Å². The normalized spacial score (nSPS) is 26.0. The van der Waals surface area contributed by atoms with Gasteiger partial charge in [0.15, 0.2) is 0 Å². The first-order valence-corrected chi connectivity index (χ1v) is 6.66. The largest absolute Gasteiger partial charge is 0.329 e. The highest BCUT2D eigenvalue weighted by molar-refractivity contribution is 5.08. The number of rotatable bonds is 4. The summed E-state index contributed by atoms with van der Waals surface area (Å²) in [6.45, 7) is 5.23. The minimum absolute atomic E-state index is 0.550. The molecule has 1 fully saturated rings. The van der Waals surface area contributed by atoms with Gasteiger partial charge < -0.3 is 5.73 Å². The van der Waals surface area contributed by atoms with Gasteiger partial charge in [-0.15, -0.1) is 0 Å². The molecule has 2 N–H and O–H groups in total. The molecule has 1 saturated heterocycles. The predicted molar refractivity (Wildman–Crippen MR) is 70.5 cm³/mol. The fourth-order valence-electron chi connectivity index (χ4n) is 2.73. The van der Waals surface area contributed by atoms with E-state index in [1.54, 1.807) is 0 Å². The zero-order valence-electron chi connectivity index (χ0n) is 10.7. The average molecular weight is 233 g/mol. The van der Waals surface area contributed by atoms with E-state index >= 15 is 0 Å². The molecule has 17 heavy (non-hydrogen) atoms. The van der Waals surface area contributed by atoms with Crippen LogP contribution in [0.3, 0.4) is 0 Å². The number of nitrogens with two attached hydrogens (primary N) is 1. The fourth-order valence-corrected chi connectivity index (χ4v) is 2.73. The third kappa shape index (κ3) is 3.27. The Labute approximate surface area is 104 Å². The molecule has 3 heteroatoms. The van der Waals surface area contributed by atoms with Crippen molar-refractivity contribution >= 4 is 0 Å². The number of hydrogen-bond acceptors (Lipinski definition) is 3. The van der Waals surface area contributed by atoms with E-state index in [1.807, 2.05) is 18.5 Å². The highest BCUT2D eigenvalue weighted by Crippen LogP contribution is 2.25. The summed E-state index contributed by atoms with van der Waals surface area (Å²) in [7, 11) is 0. The van der Waals surface area contributed by atoms with E-state index in [1.165, 1.54) is 31.4 Å². The van der Waals surface area contributed by atoms with Crippen molar-refractivity contribution in [2.24, 2.45) is 11.7 Å². The van der Waals surface area contributed by atoms with Gasteiger partial charge >= 0.3 is 0 Å². The Kier molecular flexibility index (Phi) is 4.51. The molecule has 0 aromatic carbocycles. The van der Waals surface area contributed by atoms with Gasteiger partial charge in [-0.2, -0.15) is 0 Å². The van der Waals surface area contributed by atoms with Gasteiger partial charge in [0.1, 0.15) is 0 Å². The number of piperidine rings is 1. The number of nitrogens with zero attached hydrogens (tertiary/aromatic N) is 2. The van der Waals surface area contributed by atoms with Crippen molar-refractivity contribution in [1.29, 1.82) is 0 Å².